The molecule has 3 aromatic rings. The van der Waals surface area contributed by atoms with E-state index < -0.39 is 18.4 Å². The van der Waals surface area contributed by atoms with Gasteiger partial charge in [0, 0.05) is 36.9 Å². The summed E-state index contributed by atoms with van der Waals surface area (Å²) in [5.74, 6) is -0.641. The topological polar surface area (TPSA) is 86.6 Å². The number of phenols is 1. The Balaban J connectivity index is 1.32. The number of pyridine rings is 1. The predicted molar refractivity (Wildman–Crippen MR) is 145 cm³/mol. The molecule has 218 valence electrons. The molecule has 2 aromatic heterocycles. The number of rotatable bonds is 6. The molecule has 4 aliphatic rings. The molecule has 0 amide bonds. The molecule has 0 saturated carbocycles. The van der Waals surface area contributed by atoms with Crippen molar-refractivity contribution >= 4 is 16.7 Å². The van der Waals surface area contributed by atoms with Crippen LogP contribution in [0.3, 0.4) is 0 Å². The van der Waals surface area contributed by atoms with Crippen LogP contribution in [0.15, 0.2) is 24.4 Å². The number of anilines is 1. The fourth-order valence-electron chi connectivity index (χ4n) is 7.30. The van der Waals surface area contributed by atoms with E-state index in [0.29, 0.717) is 43.0 Å². The van der Waals surface area contributed by atoms with E-state index in [0.717, 1.165) is 69.8 Å². The monoisotopic (exact) mass is 572 g/mol. The van der Waals surface area contributed by atoms with Gasteiger partial charge in [-0.25, -0.2) is 4.39 Å². The Labute approximate surface area is 234 Å². The summed E-state index contributed by atoms with van der Waals surface area (Å²) in [5.41, 5.74) is -0.750. The van der Waals surface area contributed by atoms with Crippen molar-refractivity contribution in [3.63, 3.8) is 0 Å². The minimum atomic E-state index is -4.52. The van der Waals surface area contributed by atoms with E-state index in [4.69, 9.17) is 9.72 Å². The maximum absolute atomic E-state index is 16.3. The van der Waals surface area contributed by atoms with Crippen molar-refractivity contribution in [1.82, 2.24) is 25.2 Å². The van der Waals surface area contributed by atoms with Gasteiger partial charge in [-0.1, -0.05) is 6.07 Å². The molecule has 7 rings (SSSR count). The van der Waals surface area contributed by atoms with Crippen LogP contribution in [0.4, 0.5) is 23.4 Å². The molecule has 0 radical (unpaired) electrons. The molecule has 2 unspecified atom stereocenters. The fraction of sp³-hybridized carbons (Fsp3) is 0.552. The molecular formula is C29H32F4N6O2. The molecule has 6 heterocycles. The van der Waals surface area contributed by atoms with Gasteiger partial charge >= 0.3 is 12.2 Å². The number of nitrogens with zero attached hydrogens (tertiary/aromatic N) is 5. The van der Waals surface area contributed by atoms with Gasteiger partial charge in [0.15, 0.2) is 5.82 Å². The van der Waals surface area contributed by atoms with Crippen molar-refractivity contribution in [2.24, 2.45) is 0 Å². The second-order valence-electron chi connectivity index (χ2n) is 11.9. The SMILES string of the molecule is Oc1ccc(CC(F)(F)F)c(-c2ncc3c(N4CC5CCC(C4)N5)nc(OCC45CCCN4CCC5)nc3c2F)c1. The van der Waals surface area contributed by atoms with Gasteiger partial charge in [0.1, 0.15) is 29.4 Å². The predicted octanol–water partition coefficient (Wildman–Crippen LogP) is 4.59. The zero-order valence-corrected chi connectivity index (χ0v) is 22.6. The second kappa shape index (κ2) is 9.94. The number of phenolic OH excluding ortho intramolecular Hbond substituents is 1. The minimum Gasteiger partial charge on any atom is -0.508 e. The van der Waals surface area contributed by atoms with E-state index in [1.54, 1.807) is 0 Å². The Kier molecular flexibility index (Phi) is 6.46. The summed E-state index contributed by atoms with van der Waals surface area (Å²) in [6.45, 7) is 3.83. The Morgan fingerprint density at radius 2 is 1.80 bits per heavy atom. The molecule has 4 saturated heterocycles. The van der Waals surface area contributed by atoms with Crippen LogP contribution < -0.4 is 15.0 Å². The van der Waals surface area contributed by atoms with Gasteiger partial charge in [0.05, 0.1) is 17.3 Å². The first-order valence-corrected chi connectivity index (χ1v) is 14.3. The summed E-state index contributed by atoms with van der Waals surface area (Å²) >= 11 is 0. The molecule has 0 spiro atoms. The minimum absolute atomic E-state index is 0.0500. The quantitative estimate of drug-likeness (QED) is 0.415. The summed E-state index contributed by atoms with van der Waals surface area (Å²) in [6, 6.07) is 4.05. The smallest absolute Gasteiger partial charge is 0.393 e. The van der Waals surface area contributed by atoms with Crippen LogP contribution in [0.2, 0.25) is 0 Å². The number of ether oxygens (including phenoxy) is 1. The maximum atomic E-state index is 16.3. The Morgan fingerprint density at radius 3 is 2.51 bits per heavy atom. The zero-order valence-electron chi connectivity index (χ0n) is 22.6. The van der Waals surface area contributed by atoms with E-state index in [2.05, 4.69) is 25.1 Å². The van der Waals surface area contributed by atoms with Gasteiger partial charge in [-0.2, -0.15) is 23.1 Å². The summed E-state index contributed by atoms with van der Waals surface area (Å²) in [4.78, 5) is 18.1. The number of aromatic nitrogens is 3. The van der Waals surface area contributed by atoms with Crippen molar-refractivity contribution in [2.45, 2.75) is 68.7 Å². The fourth-order valence-corrected chi connectivity index (χ4v) is 7.30. The van der Waals surface area contributed by atoms with Crippen molar-refractivity contribution in [3.05, 3.63) is 35.8 Å². The highest BCUT2D eigenvalue weighted by atomic mass is 19.4. The molecule has 41 heavy (non-hydrogen) atoms. The van der Waals surface area contributed by atoms with Crippen molar-refractivity contribution in [3.8, 4) is 23.0 Å². The lowest BCUT2D eigenvalue weighted by Crippen LogP contribution is -2.51. The van der Waals surface area contributed by atoms with Crippen LogP contribution in [0, 0.1) is 5.82 Å². The summed E-state index contributed by atoms with van der Waals surface area (Å²) in [7, 11) is 0. The highest BCUT2D eigenvalue weighted by Crippen LogP contribution is 2.40. The van der Waals surface area contributed by atoms with Gasteiger partial charge in [0.25, 0.3) is 0 Å². The second-order valence-corrected chi connectivity index (χ2v) is 11.9. The molecule has 4 aliphatic heterocycles. The van der Waals surface area contributed by atoms with Crippen LogP contribution in [0.1, 0.15) is 44.1 Å². The lowest BCUT2D eigenvalue weighted by molar-refractivity contribution is -0.127. The normalized spacial score (nSPS) is 23.9. The average molecular weight is 573 g/mol. The van der Waals surface area contributed by atoms with Gasteiger partial charge in [-0.05, 0) is 69.3 Å². The molecule has 8 nitrogen and oxygen atoms in total. The number of hydrogen-bond acceptors (Lipinski definition) is 8. The standard InChI is InChI=1S/C29H32F4N6O2/c30-23-24(21-11-20(40)6-3-17(21)12-29(31,32)33)34-13-22-25(23)36-27(41-16-28-7-1-9-39(28)10-2-8-28)37-26(22)38-14-18-4-5-19(15-38)35-18/h3,6,11,13,18-19,35,40H,1-2,4-5,7-10,12,14-16H2. The van der Waals surface area contributed by atoms with E-state index >= 15 is 4.39 Å². The number of piperazine rings is 1. The Morgan fingerprint density at radius 1 is 1.07 bits per heavy atom. The van der Waals surface area contributed by atoms with Crippen LogP contribution in [0.25, 0.3) is 22.2 Å². The van der Waals surface area contributed by atoms with E-state index in [-0.39, 0.29) is 39.6 Å². The van der Waals surface area contributed by atoms with Gasteiger partial charge < -0.3 is 20.1 Å². The molecule has 2 N–H and O–H groups in total. The first kappa shape index (κ1) is 26.6. The highest BCUT2D eigenvalue weighted by molar-refractivity contribution is 5.92. The van der Waals surface area contributed by atoms with E-state index in [1.165, 1.54) is 6.20 Å². The number of aromatic hydroxyl groups is 1. The van der Waals surface area contributed by atoms with Crippen LogP contribution >= 0.6 is 0 Å². The van der Waals surface area contributed by atoms with Crippen LogP contribution in [-0.2, 0) is 6.42 Å². The third-order valence-corrected chi connectivity index (χ3v) is 9.18. The molecular weight excluding hydrogens is 540 g/mol. The Hall–Kier alpha value is -3.25. The lowest BCUT2D eigenvalue weighted by atomic mass is 9.95. The van der Waals surface area contributed by atoms with E-state index in [9.17, 15) is 18.3 Å². The summed E-state index contributed by atoms with van der Waals surface area (Å²) in [6.07, 6.45) is 1.96. The molecule has 12 heteroatoms. The third-order valence-electron chi connectivity index (χ3n) is 9.18. The molecule has 1 aromatic carbocycles. The zero-order chi connectivity index (χ0) is 28.4. The summed E-state index contributed by atoms with van der Waals surface area (Å²) < 4.78 is 62.6. The van der Waals surface area contributed by atoms with Crippen molar-refractivity contribution in [2.75, 3.05) is 37.7 Å². The lowest BCUT2D eigenvalue weighted by Gasteiger charge is -2.34. The van der Waals surface area contributed by atoms with Gasteiger partial charge in [0.2, 0.25) is 0 Å². The van der Waals surface area contributed by atoms with Crippen LogP contribution in [0.5, 0.6) is 11.8 Å². The third kappa shape index (κ3) is 4.94. The number of benzene rings is 1. The van der Waals surface area contributed by atoms with Gasteiger partial charge in [-0.3, -0.25) is 9.88 Å². The van der Waals surface area contributed by atoms with E-state index in [1.807, 2.05) is 0 Å². The first-order chi connectivity index (χ1) is 19.7. The van der Waals surface area contributed by atoms with Crippen molar-refractivity contribution in [1.29, 1.82) is 0 Å². The number of halogens is 4. The van der Waals surface area contributed by atoms with Crippen molar-refractivity contribution < 1.29 is 27.4 Å². The number of alkyl halides is 3. The Bertz CT molecular complexity index is 1460. The molecule has 2 atom stereocenters. The average Bonchev–Trinajstić information content (AvgIpc) is 3.61. The van der Waals surface area contributed by atoms with Crippen LogP contribution in [-0.4, -0.2) is 81.5 Å². The summed E-state index contributed by atoms with van der Waals surface area (Å²) in [5, 5.41) is 14.0. The first-order valence-electron chi connectivity index (χ1n) is 14.3. The molecule has 4 fully saturated rings. The maximum Gasteiger partial charge on any atom is 0.393 e. The van der Waals surface area contributed by atoms with Gasteiger partial charge in [-0.15, -0.1) is 0 Å². The molecule has 2 bridgehead atoms. The largest absolute Gasteiger partial charge is 0.508 e. The highest BCUT2D eigenvalue weighted by Gasteiger charge is 2.45. The number of hydrogen-bond donors (Lipinski definition) is 2. The number of fused-ring (bicyclic) bond motifs is 4. The molecule has 0 aliphatic carbocycles. The number of nitrogens with one attached hydrogen (secondary N) is 1.